The lowest BCUT2D eigenvalue weighted by molar-refractivity contribution is 0.101. The molecule has 0 saturated carbocycles. The summed E-state index contributed by atoms with van der Waals surface area (Å²) in [7, 11) is -4.03. The van der Waals surface area contributed by atoms with Crippen molar-refractivity contribution in [3.63, 3.8) is 0 Å². The van der Waals surface area contributed by atoms with Crippen LogP contribution in [0.4, 0.5) is 18.9 Å². The highest BCUT2D eigenvalue weighted by Crippen LogP contribution is 2.21. The summed E-state index contributed by atoms with van der Waals surface area (Å²) in [5, 5.41) is 4.26. The summed E-state index contributed by atoms with van der Waals surface area (Å²) >= 11 is 5.44. The molecule has 0 aliphatic carbocycles. The van der Waals surface area contributed by atoms with E-state index in [4.69, 9.17) is 11.6 Å². The molecule has 0 atom stereocenters. The summed E-state index contributed by atoms with van der Waals surface area (Å²) < 4.78 is 62.7. The molecule has 1 aromatic carbocycles. The number of halogens is 4. The minimum Gasteiger partial charge on any atom is -0.318 e. The van der Waals surface area contributed by atoms with Crippen molar-refractivity contribution in [3.05, 3.63) is 46.5 Å². The lowest BCUT2D eigenvalue weighted by Gasteiger charge is -2.04. The molecule has 0 radical (unpaired) electrons. The van der Waals surface area contributed by atoms with E-state index in [0.29, 0.717) is 12.3 Å². The van der Waals surface area contributed by atoms with Crippen molar-refractivity contribution in [3.8, 4) is 0 Å². The first-order chi connectivity index (χ1) is 10.1. The number of aromatic nitrogens is 2. The minimum atomic E-state index is -4.03. The molecule has 11 heteroatoms. The largest absolute Gasteiger partial charge is 0.318 e. The Morgan fingerprint density at radius 1 is 1.32 bits per heavy atom. The van der Waals surface area contributed by atoms with Crippen molar-refractivity contribution in [2.24, 2.45) is 0 Å². The van der Waals surface area contributed by atoms with E-state index in [0.717, 1.165) is 12.1 Å². The first-order valence-electron chi connectivity index (χ1n) is 5.52. The molecule has 0 aliphatic rings. The van der Waals surface area contributed by atoms with Crippen LogP contribution in [-0.2, 0) is 10.0 Å². The van der Waals surface area contributed by atoms with Gasteiger partial charge >= 0.3 is 0 Å². The van der Waals surface area contributed by atoms with Gasteiger partial charge in [0.15, 0.2) is 16.7 Å². The average molecular weight is 354 g/mol. The number of rotatable bonds is 3. The Balaban J connectivity index is 2.38. The third-order valence-electron chi connectivity index (χ3n) is 2.46. The van der Waals surface area contributed by atoms with Crippen LogP contribution in [0.1, 0.15) is 10.5 Å². The Bertz CT molecular complexity index is 867. The molecule has 1 N–H and O–H groups in total. The number of carbonyl (C=O) groups excluding carboxylic acids is 1. The average Bonchev–Trinajstić information content (AvgIpc) is 2.69. The van der Waals surface area contributed by atoms with E-state index >= 15 is 0 Å². The number of anilines is 1. The molecular formula is C11H7ClF3N3O3S. The van der Waals surface area contributed by atoms with Crippen molar-refractivity contribution in [2.75, 3.05) is 11.6 Å². The van der Waals surface area contributed by atoms with Crippen LogP contribution in [0.2, 0.25) is 5.15 Å². The third kappa shape index (κ3) is 3.07. The van der Waals surface area contributed by atoms with Crippen LogP contribution in [0.15, 0.2) is 18.2 Å². The second-order valence-corrected chi connectivity index (χ2v) is 6.31. The number of amides is 1. The molecule has 0 aliphatic heterocycles. The van der Waals surface area contributed by atoms with Gasteiger partial charge in [0.05, 0.1) is 11.9 Å². The molecule has 22 heavy (non-hydrogen) atoms. The summed E-state index contributed by atoms with van der Waals surface area (Å²) in [6.07, 6.45) is 0.701. The number of benzene rings is 1. The molecule has 0 fully saturated rings. The van der Waals surface area contributed by atoms with Gasteiger partial charge in [0.1, 0.15) is 11.6 Å². The van der Waals surface area contributed by atoms with Crippen LogP contribution in [0.5, 0.6) is 0 Å². The first kappa shape index (κ1) is 16.3. The van der Waals surface area contributed by atoms with Gasteiger partial charge in [-0.25, -0.2) is 21.6 Å². The van der Waals surface area contributed by atoms with Crippen molar-refractivity contribution in [1.29, 1.82) is 0 Å². The summed E-state index contributed by atoms with van der Waals surface area (Å²) in [6, 6.07) is 2.29. The standard InChI is InChI=1S/C11H7ClF3N3O3S/c1-22(20,21)18-10(12)8(15)9(17-18)11(19)16-7-3-2-5(13)4-6(7)14/h2-4H,1H3,(H,16,19). The monoisotopic (exact) mass is 353 g/mol. The molecular weight excluding hydrogens is 347 g/mol. The molecule has 0 bridgehead atoms. The normalized spacial score (nSPS) is 11.5. The van der Waals surface area contributed by atoms with Crippen molar-refractivity contribution in [1.82, 2.24) is 9.19 Å². The molecule has 0 unspecified atom stereocenters. The molecule has 1 aromatic heterocycles. The summed E-state index contributed by atoms with van der Waals surface area (Å²) in [5.74, 6) is -4.59. The quantitative estimate of drug-likeness (QED) is 0.915. The van der Waals surface area contributed by atoms with Gasteiger partial charge in [0.25, 0.3) is 15.9 Å². The van der Waals surface area contributed by atoms with Crippen LogP contribution >= 0.6 is 11.6 Å². The van der Waals surface area contributed by atoms with Crippen LogP contribution in [0.3, 0.4) is 0 Å². The fourth-order valence-electron chi connectivity index (χ4n) is 1.50. The predicted molar refractivity (Wildman–Crippen MR) is 71.7 cm³/mol. The molecule has 6 nitrogen and oxygen atoms in total. The van der Waals surface area contributed by atoms with Crippen molar-refractivity contribution in [2.45, 2.75) is 0 Å². The SMILES string of the molecule is CS(=O)(=O)n1nc(C(=O)Nc2ccc(F)cc2F)c(F)c1Cl. The predicted octanol–water partition coefficient (Wildman–Crippen LogP) is 2.01. The first-order valence-corrected chi connectivity index (χ1v) is 7.75. The molecule has 2 rings (SSSR count). The zero-order chi connectivity index (χ0) is 16.7. The Morgan fingerprint density at radius 2 is 1.95 bits per heavy atom. The second-order valence-electron chi connectivity index (χ2n) is 4.14. The Kier molecular flexibility index (Phi) is 4.16. The number of nitrogens with zero attached hydrogens (tertiary/aromatic N) is 2. The molecule has 0 spiro atoms. The van der Waals surface area contributed by atoms with E-state index in [1.165, 1.54) is 0 Å². The highest BCUT2D eigenvalue weighted by atomic mass is 35.5. The Labute approximate surface area is 127 Å². The number of carbonyl (C=O) groups is 1. The van der Waals surface area contributed by atoms with Gasteiger partial charge in [0.2, 0.25) is 0 Å². The highest BCUT2D eigenvalue weighted by Gasteiger charge is 2.26. The topological polar surface area (TPSA) is 81.1 Å². The maximum Gasteiger partial charge on any atom is 0.279 e. The van der Waals surface area contributed by atoms with Crippen LogP contribution in [0, 0.1) is 17.5 Å². The van der Waals surface area contributed by atoms with Gasteiger partial charge in [-0.2, -0.15) is 0 Å². The fourth-order valence-corrected chi connectivity index (χ4v) is 2.60. The minimum absolute atomic E-state index is 0.125. The van der Waals surface area contributed by atoms with Crippen molar-refractivity contribution < 1.29 is 26.4 Å². The lowest BCUT2D eigenvalue weighted by Crippen LogP contribution is -2.17. The Morgan fingerprint density at radius 3 is 2.45 bits per heavy atom. The molecule has 2 aromatic rings. The van der Waals surface area contributed by atoms with E-state index in [1.807, 2.05) is 5.32 Å². The van der Waals surface area contributed by atoms with E-state index in [2.05, 4.69) is 5.10 Å². The summed E-state index contributed by atoms with van der Waals surface area (Å²) in [4.78, 5) is 11.8. The molecule has 1 heterocycles. The van der Waals surface area contributed by atoms with E-state index in [9.17, 15) is 26.4 Å². The number of nitrogens with one attached hydrogen (secondary N) is 1. The summed E-state index contributed by atoms with van der Waals surface area (Å²) in [6.45, 7) is 0. The van der Waals surface area contributed by atoms with Crippen LogP contribution in [0.25, 0.3) is 0 Å². The number of hydrogen-bond donors (Lipinski definition) is 1. The number of hydrogen-bond acceptors (Lipinski definition) is 4. The Hall–Kier alpha value is -2.07. The zero-order valence-corrected chi connectivity index (χ0v) is 12.3. The molecule has 0 saturated heterocycles. The van der Waals surface area contributed by atoms with Gasteiger partial charge in [-0.1, -0.05) is 11.6 Å². The summed E-state index contributed by atoms with van der Waals surface area (Å²) in [5.41, 5.74) is -1.38. The van der Waals surface area contributed by atoms with Crippen LogP contribution < -0.4 is 5.32 Å². The van der Waals surface area contributed by atoms with E-state index < -0.39 is 49.9 Å². The van der Waals surface area contributed by atoms with Gasteiger partial charge in [0, 0.05) is 6.07 Å². The highest BCUT2D eigenvalue weighted by molar-refractivity contribution is 7.89. The van der Waals surface area contributed by atoms with Gasteiger partial charge in [-0.3, -0.25) is 4.79 Å². The molecule has 118 valence electrons. The van der Waals surface area contributed by atoms with E-state index in [1.54, 1.807) is 0 Å². The third-order valence-corrected chi connectivity index (χ3v) is 3.78. The second kappa shape index (κ2) is 5.61. The fraction of sp³-hybridized carbons (Fsp3) is 0.0909. The van der Waals surface area contributed by atoms with Gasteiger partial charge in [-0.05, 0) is 12.1 Å². The smallest absolute Gasteiger partial charge is 0.279 e. The van der Waals surface area contributed by atoms with E-state index in [-0.39, 0.29) is 4.09 Å². The lowest BCUT2D eigenvalue weighted by atomic mass is 10.3. The van der Waals surface area contributed by atoms with Crippen molar-refractivity contribution >= 4 is 33.2 Å². The van der Waals surface area contributed by atoms with Gasteiger partial charge < -0.3 is 5.32 Å². The maximum atomic E-state index is 13.8. The zero-order valence-electron chi connectivity index (χ0n) is 10.8. The molecule has 1 amide bonds. The van der Waals surface area contributed by atoms with Crippen LogP contribution in [-0.4, -0.2) is 29.8 Å². The maximum absolute atomic E-state index is 13.8. The van der Waals surface area contributed by atoms with Gasteiger partial charge in [-0.15, -0.1) is 9.19 Å².